The van der Waals surface area contributed by atoms with Gasteiger partial charge in [-0.05, 0) is 74.5 Å². The van der Waals surface area contributed by atoms with Gasteiger partial charge >= 0.3 is 12.1 Å². The number of benzene rings is 4. The summed E-state index contributed by atoms with van der Waals surface area (Å²) in [5.74, 6) is -1.40. The number of carbonyl (C=O) groups excluding carboxylic acids is 1. The first-order valence-corrected chi connectivity index (χ1v) is 15.4. The fourth-order valence-electron chi connectivity index (χ4n) is 3.84. The third kappa shape index (κ3) is 7.45. The average Bonchev–Trinajstić information content (AvgIpc) is 2.94. The van der Waals surface area contributed by atoms with Gasteiger partial charge in [0.05, 0.1) is 39.4 Å². The Labute approximate surface area is 246 Å². The van der Waals surface area contributed by atoms with Gasteiger partial charge < -0.3 is 9.47 Å². The van der Waals surface area contributed by atoms with Crippen molar-refractivity contribution in [3.8, 4) is 11.5 Å². The highest BCUT2D eigenvalue weighted by Crippen LogP contribution is 2.39. The predicted octanol–water partition coefficient (Wildman–Crippen LogP) is 6.50. The largest absolute Gasteiger partial charge is 0.465 e. The minimum absolute atomic E-state index is 0.0629. The number of methoxy groups -OCH3 is 1. The van der Waals surface area contributed by atoms with Crippen LogP contribution in [0.25, 0.3) is 0 Å². The molecule has 0 aliphatic rings. The van der Waals surface area contributed by atoms with Crippen LogP contribution >= 0.6 is 0 Å². The molecule has 0 saturated heterocycles. The molecule has 4 aromatic carbocycles. The maximum Gasteiger partial charge on any atom is 0.418 e. The SMILES string of the molecule is COC(=O)c1cc(Oc2ccc(NS(=O)(=O)c3ccc(C)cc3)c(C(F)(F)F)c2)ccc1NS(=O)(=O)c1ccc(C)cc1. The molecule has 0 aromatic heterocycles. The molecule has 0 heterocycles. The molecule has 0 radical (unpaired) electrons. The summed E-state index contributed by atoms with van der Waals surface area (Å²) in [7, 11) is -7.38. The first-order valence-electron chi connectivity index (χ1n) is 12.4. The molecule has 226 valence electrons. The Morgan fingerprint density at radius 2 is 1.12 bits per heavy atom. The van der Waals surface area contributed by atoms with E-state index in [1.807, 2.05) is 4.72 Å². The Kier molecular flexibility index (Phi) is 8.74. The van der Waals surface area contributed by atoms with Crippen LogP contribution in [0.5, 0.6) is 11.5 Å². The van der Waals surface area contributed by atoms with Gasteiger partial charge in [0.1, 0.15) is 11.5 Å². The van der Waals surface area contributed by atoms with E-state index in [9.17, 15) is 34.8 Å². The molecule has 2 N–H and O–H groups in total. The van der Waals surface area contributed by atoms with E-state index in [4.69, 9.17) is 9.47 Å². The molecular formula is C29H25F3N2O7S2. The minimum atomic E-state index is -4.97. The normalized spacial score (nSPS) is 12.0. The second kappa shape index (κ2) is 12.0. The second-order valence-corrected chi connectivity index (χ2v) is 12.7. The van der Waals surface area contributed by atoms with Crippen molar-refractivity contribution in [1.29, 1.82) is 0 Å². The molecule has 0 unspecified atom stereocenters. The van der Waals surface area contributed by atoms with Gasteiger partial charge in [-0.3, -0.25) is 9.44 Å². The summed E-state index contributed by atoms with van der Waals surface area (Å²) < 4.78 is 108. The first-order chi connectivity index (χ1) is 20.1. The second-order valence-electron chi connectivity index (χ2n) is 9.34. The number of aryl methyl sites for hydroxylation is 2. The Balaban J connectivity index is 1.65. The highest BCUT2D eigenvalue weighted by Gasteiger charge is 2.35. The topological polar surface area (TPSA) is 128 Å². The van der Waals surface area contributed by atoms with Crippen molar-refractivity contribution >= 4 is 37.4 Å². The number of hydrogen-bond donors (Lipinski definition) is 2. The van der Waals surface area contributed by atoms with Crippen molar-refractivity contribution in [2.45, 2.75) is 29.8 Å². The minimum Gasteiger partial charge on any atom is -0.465 e. The van der Waals surface area contributed by atoms with E-state index in [2.05, 4.69) is 4.72 Å². The maximum atomic E-state index is 14.0. The lowest BCUT2D eigenvalue weighted by Crippen LogP contribution is -2.17. The van der Waals surface area contributed by atoms with E-state index >= 15 is 0 Å². The van der Waals surface area contributed by atoms with E-state index in [0.29, 0.717) is 6.07 Å². The quantitative estimate of drug-likeness (QED) is 0.201. The summed E-state index contributed by atoms with van der Waals surface area (Å²) in [4.78, 5) is 12.2. The van der Waals surface area contributed by atoms with Crippen LogP contribution in [-0.2, 0) is 31.0 Å². The number of hydrogen-bond acceptors (Lipinski definition) is 7. The van der Waals surface area contributed by atoms with Gasteiger partial charge in [-0.25, -0.2) is 21.6 Å². The van der Waals surface area contributed by atoms with E-state index in [1.165, 1.54) is 48.5 Å². The van der Waals surface area contributed by atoms with Crippen LogP contribution in [-0.4, -0.2) is 29.9 Å². The Hall–Kier alpha value is -4.56. The number of nitrogens with one attached hydrogen (secondary N) is 2. The molecular weight excluding hydrogens is 609 g/mol. The van der Waals surface area contributed by atoms with Gasteiger partial charge in [-0.2, -0.15) is 13.2 Å². The fourth-order valence-corrected chi connectivity index (χ4v) is 6.00. The van der Waals surface area contributed by atoms with Crippen molar-refractivity contribution in [3.63, 3.8) is 0 Å². The molecule has 0 spiro atoms. The van der Waals surface area contributed by atoms with Gasteiger partial charge in [0.25, 0.3) is 20.0 Å². The zero-order valence-corrected chi connectivity index (χ0v) is 24.5. The lowest BCUT2D eigenvalue weighted by molar-refractivity contribution is -0.137. The zero-order valence-electron chi connectivity index (χ0n) is 22.9. The first kappa shape index (κ1) is 31.4. The summed E-state index contributed by atoms with van der Waals surface area (Å²) in [5.41, 5.74) is -0.872. The van der Waals surface area contributed by atoms with Crippen LogP contribution in [0.15, 0.2) is 94.7 Å². The molecule has 4 rings (SSSR count). The molecule has 0 atom stereocenters. The number of ether oxygens (including phenoxy) is 2. The molecule has 14 heteroatoms. The monoisotopic (exact) mass is 634 g/mol. The Morgan fingerprint density at radius 1 is 0.674 bits per heavy atom. The van der Waals surface area contributed by atoms with Gasteiger partial charge in [-0.15, -0.1) is 0 Å². The van der Waals surface area contributed by atoms with Crippen LogP contribution in [0.2, 0.25) is 0 Å². The summed E-state index contributed by atoms with van der Waals surface area (Å²) in [6, 6.07) is 17.7. The standard InChI is InChI=1S/C29H25F3N2O7S2/c1-18-4-10-22(11-5-18)42(36,37)33-26-14-8-20(16-24(26)28(35)40-3)41-21-9-15-27(25(17-21)29(30,31)32)34-43(38,39)23-12-6-19(2)7-13-23/h4-17,33-34H,1-3H3. The highest BCUT2D eigenvalue weighted by molar-refractivity contribution is 7.93. The van der Waals surface area contributed by atoms with Crippen LogP contribution < -0.4 is 14.2 Å². The highest BCUT2D eigenvalue weighted by atomic mass is 32.2. The molecule has 0 bridgehead atoms. The van der Waals surface area contributed by atoms with Gasteiger partial charge in [0.15, 0.2) is 0 Å². The maximum absolute atomic E-state index is 14.0. The number of sulfonamides is 2. The van der Waals surface area contributed by atoms with Gasteiger partial charge in [0, 0.05) is 0 Å². The number of alkyl halides is 3. The van der Waals surface area contributed by atoms with Crippen LogP contribution in [0.3, 0.4) is 0 Å². The van der Waals surface area contributed by atoms with Crippen molar-refractivity contribution in [3.05, 3.63) is 107 Å². The van der Waals surface area contributed by atoms with Gasteiger partial charge in [0.2, 0.25) is 0 Å². The molecule has 43 heavy (non-hydrogen) atoms. The summed E-state index contributed by atoms with van der Waals surface area (Å²) in [5, 5.41) is 0. The Morgan fingerprint density at radius 3 is 1.58 bits per heavy atom. The molecule has 0 fully saturated rings. The van der Waals surface area contributed by atoms with E-state index < -0.39 is 43.4 Å². The van der Waals surface area contributed by atoms with Crippen molar-refractivity contribution < 1.29 is 44.3 Å². The number of halogens is 3. The molecule has 0 aliphatic carbocycles. The van der Waals surface area contributed by atoms with Crippen LogP contribution in [0, 0.1) is 13.8 Å². The van der Waals surface area contributed by atoms with Crippen LogP contribution in [0.1, 0.15) is 27.0 Å². The molecule has 0 amide bonds. The smallest absolute Gasteiger partial charge is 0.418 e. The average molecular weight is 635 g/mol. The summed E-state index contributed by atoms with van der Waals surface area (Å²) >= 11 is 0. The van der Waals surface area contributed by atoms with E-state index in [-0.39, 0.29) is 32.5 Å². The number of esters is 1. The lowest BCUT2D eigenvalue weighted by Gasteiger charge is -2.17. The molecule has 4 aromatic rings. The van der Waals surface area contributed by atoms with E-state index in [0.717, 1.165) is 36.4 Å². The zero-order chi connectivity index (χ0) is 31.6. The summed E-state index contributed by atoms with van der Waals surface area (Å²) in [6.45, 7) is 3.52. The Bertz CT molecular complexity index is 1880. The molecule has 0 saturated carbocycles. The van der Waals surface area contributed by atoms with E-state index in [1.54, 1.807) is 26.0 Å². The third-order valence-electron chi connectivity index (χ3n) is 6.08. The molecule has 0 aliphatic heterocycles. The van der Waals surface area contributed by atoms with Gasteiger partial charge in [-0.1, -0.05) is 35.4 Å². The summed E-state index contributed by atoms with van der Waals surface area (Å²) in [6.07, 6.45) is -4.97. The lowest BCUT2D eigenvalue weighted by atomic mass is 10.1. The third-order valence-corrected chi connectivity index (χ3v) is 8.84. The number of carbonyl (C=O) groups is 1. The fraction of sp³-hybridized carbons (Fsp3) is 0.138. The van der Waals surface area contributed by atoms with Crippen molar-refractivity contribution in [2.24, 2.45) is 0 Å². The van der Waals surface area contributed by atoms with Crippen molar-refractivity contribution in [1.82, 2.24) is 0 Å². The molecule has 9 nitrogen and oxygen atoms in total. The van der Waals surface area contributed by atoms with Crippen molar-refractivity contribution in [2.75, 3.05) is 16.6 Å². The number of rotatable bonds is 9. The predicted molar refractivity (Wildman–Crippen MR) is 153 cm³/mol. The number of anilines is 2. The van der Waals surface area contributed by atoms with Crippen LogP contribution in [0.4, 0.5) is 24.5 Å².